The third-order valence-corrected chi connectivity index (χ3v) is 3.66. The second kappa shape index (κ2) is 6.50. The molecule has 2 nitrogen and oxygen atoms in total. The van der Waals surface area contributed by atoms with Crippen LogP contribution in [0.15, 0.2) is 30.3 Å². The Balaban J connectivity index is 1.82. The van der Waals surface area contributed by atoms with Crippen LogP contribution in [0.4, 0.5) is 4.39 Å². The summed E-state index contributed by atoms with van der Waals surface area (Å²) >= 11 is 0. The van der Waals surface area contributed by atoms with E-state index in [2.05, 4.69) is 12.2 Å². The van der Waals surface area contributed by atoms with Gasteiger partial charge in [0.25, 0.3) is 0 Å². The van der Waals surface area contributed by atoms with Crippen molar-refractivity contribution in [1.82, 2.24) is 5.32 Å². The molecule has 0 aromatic heterocycles. The molecule has 0 unspecified atom stereocenters. The summed E-state index contributed by atoms with van der Waals surface area (Å²) in [6.07, 6.45) is 7.74. The molecule has 0 radical (unpaired) electrons. The molecule has 3 heteroatoms. The lowest BCUT2D eigenvalue weighted by atomic mass is 9.87. The number of carbonyl (C=O) groups is 1. The summed E-state index contributed by atoms with van der Waals surface area (Å²) < 4.78 is 12.7. The van der Waals surface area contributed by atoms with E-state index in [4.69, 9.17) is 0 Å². The zero-order valence-corrected chi connectivity index (χ0v) is 11.2. The lowest BCUT2D eigenvalue weighted by Crippen LogP contribution is -2.36. The number of nitrogens with one attached hydrogen (secondary N) is 1. The molecule has 0 saturated heterocycles. The first-order valence-electron chi connectivity index (χ1n) is 6.87. The van der Waals surface area contributed by atoms with Gasteiger partial charge in [-0.3, -0.25) is 4.79 Å². The van der Waals surface area contributed by atoms with Gasteiger partial charge in [-0.25, -0.2) is 4.39 Å². The summed E-state index contributed by atoms with van der Waals surface area (Å²) in [5, 5.41) is 3.02. The van der Waals surface area contributed by atoms with Gasteiger partial charge < -0.3 is 5.32 Å². The minimum Gasteiger partial charge on any atom is -0.350 e. The van der Waals surface area contributed by atoms with Gasteiger partial charge in [0.15, 0.2) is 0 Å². The van der Waals surface area contributed by atoms with E-state index in [1.165, 1.54) is 31.1 Å². The van der Waals surface area contributed by atoms with Crippen LogP contribution in [-0.2, 0) is 4.79 Å². The van der Waals surface area contributed by atoms with Gasteiger partial charge in [-0.15, -0.1) is 0 Å². The van der Waals surface area contributed by atoms with Crippen molar-refractivity contribution in [2.75, 3.05) is 0 Å². The van der Waals surface area contributed by atoms with Gasteiger partial charge >= 0.3 is 0 Å². The molecular weight excluding hydrogens is 241 g/mol. The lowest BCUT2D eigenvalue weighted by Gasteiger charge is -2.26. The first-order chi connectivity index (χ1) is 9.13. The number of benzene rings is 1. The van der Waals surface area contributed by atoms with E-state index in [1.807, 2.05) is 0 Å². The summed E-state index contributed by atoms with van der Waals surface area (Å²) in [6.45, 7) is 2.26. The molecule has 0 heterocycles. The van der Waals surface area contributed by atoms with Crippen LogP contribution in [0.25, 0.3) is 6.08 Å². The maximum atomic E-state index is 12.7. The Bertz CT molecular complexity index is 444. The lowest BCUT2D eigenvalue weighted by molar-refractivity contribution is -0.117. The van der Waals surface area contributed by atoms with Gasteiger partial charge in [0, 0.05) is 12.1 Å². The highest BCUT2D eigenvalue weighted by Gasteiger charge is 2.18. The fourth-order valence-electron chi connectivity index (χ4n) is 2.40. The molecule has 0 bridgehead atoms. The molecule has 1 amide bonds. The first kappa shape index (κ1) is 13.8. The molecule has 19 heavy (non-hydrogen) atoms. The van der Waals surface area contributed by atoms with Crippen LogP contribution >= 0.6 is 0 Å². The quantitative estimate of drug-likeness (QED) is 0.828. The van der Waals surface area contributed by atoms with Crippen molar-refractivity contribution in [3.63, 3.8) is 0 Å². The van der Waals surface area contributed by atoms with E-state index in [1.54, 1.807) is 18.2 Å². The zero-order chi connectivity index (χ0) is 13.7. The Labute approximate surface area is 113 Å². The smallest absolute Gasteiger partial charge is 0.244 e. The van der Waals surface area contributed by atoms with Gasteiger partial charge in [-0.05, 0) is 55.4 Å². The summed E-state index contributed by atoms with van der Waals surface area (Å²) in [5.41, 5.74) is 0.828. The van der Waals surface area contributed by atoms with E-state index in [9.17, 15) is 9.18 Å². The predicted molar refractivity (Wildman–Crippen MR) is 75.0 cm³/mol. The molecule has 1 aromatic carbocycles. The van der Waals surface area contributed by atoms with Crippen molar-refractivity contribution in [3.8, 4) is 0 Å². The molecule has 102 valence electrons. The van der Waals surface area contributed by atoms with Crippen molar-refractivity contribution < 1.29 is 9.18 Å². The largest absolute Gasteiger partial charge is 0.350 e. The molecule has 1 saturated carbocycles. The Morgan fingerprint density at radius 2 is 1.84 bits per heavy atom. The molecular formula is C16H20FNO. The molecule has 0 spiro atoms. The van der Waals surface area contributed by atoms with E-state index in [0.717, 1.165) is 24.3 Å². The Hall–Kier alpha value is -1.64. The zero-order valence-electron chi connectivity index (χ0n) is 11.2. The number of hydrogen-bond donors (Lipinski definition) is 1. The molecule has 1 aliphatic carbocycles. The average Bonchev–Trinajstić information content (AvgIpc) is 2.41. The van der Waals surface area contributed by atoms with E-state index < -0.39 is 0 Å². The highest BCUT2D eigenvalue weighted by Crippen LogP contribution is 2.23. The number of rotatable bonds is 3. The van der Waals surface area contributed by atoms with Crippen molar-refractivity contribution in [3.05, 3.63) is 41.7 Å². The first-order valence-corrected chi connectivity index (χ1v) is 6.87. The second-order valence-electron chi connectivity index (χ2n) is 5.35. The van der Waals surface area contributed by atoms with Crippen LogP contribution < -0.4 is 5.32 Å². The fraction of sp³-hybridized carbons (Fsp3) is 0.438. The highest BCUT2D eigenvalue weighted by atomic mass is 19.1. The van der Waals surface area contributed by atoms with Gasteiger partial charge in [0.05, 0.1) is 0 Å². The Morgan fingerprint density at radius 3 is 2.47 bits per heavy atom. The molecule has 0 aliphatic heterocycles. The van der Waals surface area contributed by atoms with Crippen molar-refractivity contribution in [2.45, 2.75) is 38.6 Å². The van der Waals surface area contributed by atoms with Crippen LogP contribution in [0, 0.1) is 11.7 Å². The summed E-state index contributed by atoms with van der Waals surface area (Å²) in [6, 6.07) is 6.39. The Morgan fingerprint density at radius 1 is 1.21 bits per heavy atom. The van der Waals surface area contributed by atoms with E-state index in [0.29, 0.717) is 6.04 Å². The predicted octanol–water partition coefficient (Wildman–Crippen LogP) is 3.53. The molecule has 2 rings (SSSR count). The average molecular weight is 261 g/mol. The highest BCUT2D eigenvalue weighted by molar-refractivity contribution is 5.91. The number of halogens is 1. The molecule has 1 aliphatic rings. The van der Waals surface area contributed by atoms with Crippen LogP contribution in [-0.4, -0.2) is 11.9 Å². The van der Waals surface area contributed by atoms with Crippen LogP contribution in [0.5, 0.6) is 0 Å². The van der Waals surface area contributed by atoms with Crippen LogP contribution in [0.3, 0.4) is 0 Å². The number of carbonyl (C=O) groups excluding carboxylic acids is 1. The minimum atomic E-state index is -0.266. The van der Waals surface area contributed by atoms with Crippen molar-refractivity contribution in [2.24, 2.45) is 5.92 Å². The molecule has 1 aromatic rings. The SMILES string of the molecule is CC1CCC(NC(=O)/C=C/c2ccc(F)cc2)CC1. The van der Waals surface area contributed by atoms with E-state index in [-0.39, 0.29) is 11.7 Å². The minimum absolute atomic E-state index is 0.0659. The van der Waals surface area contributed by atoms with Crippen molar-refractivity contribution >= 4 is 12.0 Å². The standard InChI is InChI=1S/C16H20FNO/c1-12-2-9-15(10-3-12)18-16(19)11-6-13-4-7-14(17)8-5-13/h4-8,11-12,15H,2-3,9-10H2,1H3,(H,18,19)/b11-6+. The van der Waals surface area contributed by atoms with Crippen LogP contribution in [0.1, 0.15) is 38.2 Å². The summed E-state index contributed by atoms with van der Waals surface area (Å²) in [5.74, 6) is 0.449. The monoisotopic (exact) mass is 261 g/mol. The molecule has 1 fully saturated rings. The van der Waals surface area contributed by atoms with Gasteiger partial charge in [0.2, 0.25) is 5.91 Å². The number of hydrogen-bond acceptors (Lipinski definition) is 1. The Kier molecular flexibility index (Phi) is 4.72. The van der Waals surface area contributed by atoms with Crippen molar-refractivity contribution in [1.29, 1.82) is 0 Å². The second-order valence-corrected chi connectivity index (χ2v) is 5.35. The normalized spacial score (nSPS) is 23.5. The fourth-order valence-corrected chi connectivity index (χ4v) is 2.40. The van der Waals surface area contributed by atoms with E-state index >= 15 is 0 Å². The van der Waals surface area contributed by atoms with Crippen LogP contribution in [0.2, 0.25) is 0 Å². The van der Waals surface area contributed by atoms with Gasteiger partial charge in [0.1, 0.15) is 5.82 Å². The summed E-state index contributed by atoms with van der Waals surface area (Å²) in [4.78, 5) is 11.8. The number of amides is 1. The topological polar surface area (TPSA) is 29.1 Å². The van der Waals surface area contributed by atoms with Gasteiger partial charge in [-0.1, -0.05) is 19.1 Å². The third-order valence-electron chi connectivity index (χ3n) is 3.66. The molecule has 0 atom stereocenters. The maximum absolute atomic E-state index is 12.7. The maximum Gasteiger partial charge on any atom is 0.244 e. The third kappa shape index (κ3) is 4.51. The molecule has 1 N–H and O–H groups in total. The van der Waals surface area contributed by atoms with Gasteiger partial charge in [-0.2, -0.15) is 0 Å². The summed E-state index contributed by atoms with van der Waals surface area (Å²) in [7, 11) is 0.